The van der Waals surface area contributed by atoms with E-state index in [1.54, 1.807) is 7.11 Å². The Bertz CT molecular complexity index is 517. The van der Waals surface area contributed by atoms with Crippen LogP contribution in [-0.4, -0.2) is 37.1 Å². The van der Waals surface area contributed by atoms with Gasteiger partial charge in [0, 0.05) is 18.7 Å². The zero-order valence-corrected chi connectivity index (χ0v) is 13.7. The van der Waals surface area contributed by atoms with Crippen LogP contribution in [0.2, 0.25) is 0 Å². The van der Waals surface area contributed by atoms with Crippen LogP contribution in [-0.2, 0) is 11.3 Å². The molecule has 1 atom stereocenters. The molecule has 1 aliphatic heterocycles. The number of ether oxygens (including phenoxy) is 2. The van der Waals surface area contributed by atoms with E-state index in [2.05, 4.69) is 13.8 Å². The van der Waals surface area contributed by atoms with Gasteiger partial charge in [-0.05, 0) is 24.8 Å². The molecule has 0 saturated carbocycles. The molecule has 1 aromatic carbocycles. The number of carbonyl (C=O) groups excluding carboxylic acids is 1. The highest BCUT2D eigenvalue weighted by atomic mass is 16.5. The first-order valence-corrected chi connectivity index (χ1v) is 7.86. The number of fused-ring (bicyclic) bond motifs is 1. The quantitative estimate of drug-likeness (QED) is 0.926. The molecule has 1 heterocycles. The van der Waals surface area contributed by atoms with Gasteiger partial charge in [-0.2, -0.15) is 0 Å². The van der Waals surface area contributed by atoms with E-state index in [-0.39, 0.29) is 5.91 Å². The fraction of sp³-hybridized carbons (Fsp3) is 0.588. The fourth-order valence-corrected chi connectivity index (χ4v) is 2.76. The van der Waals surface area contributed by atoms with Crippen LogP contribution in [0.25, 0.3) is 0 Å². The number of rotatable bonds is 4. The summed E-state index contributed by atoms with van der Waals surface area (Å²) in [5, 5.41) is 0. The van der Waals surface area contributed by atoms with Crippen molar-refractivity contribution in [3.05, 3.63) is 23.8 Å². The molecule has 2 rings (SSSR count). The Morgan fingerprint density at radius 3 is 2.91 bits per heavy atom. The Hall–Kier alpha value is -1.75. The van der Waals surface area contributed by atoms with E-state index in [0.717, 1.165) is 17.7 Å². The maximum absolute atomic E-state index is 12.6. The molecular weight excluding hydrogens is 280 g/mol. The second-order valence-electron chi connectivity index (χ2n) is 6.15. The molecule has 1 aromatic rings. The van der Waals surface area contributed by atoms with Gasteiger partial charge in [0.1, 0.15) is 0 Å². The molecule has 1 amide bonds. The first kappa shape index (κ1) is 16.6. The average molecular weight is 306 g/mol. The summed E-state index contributed by atoms with van der Waals surface area (Å²) in [6.45, 7) is 5.90. The Morgan fingerprint density at radius 2 is 2.23 bits per heavy atom. The zero-order chi connectivity index (χ0) is 16.1. The molecule has 0 unspecified atom stereocenters. The number of benzene rings is 1. The Labute approximate surface area is 132 Å². The summed E-state index contributed by atoms with van der Waals surface area (Å²) in [5.74, 6) is 1.87. The molecular formula is C17H26N2O3. The predicted molar refractivity (Wildman–Crippen MR) is 86.0 cm³/mol. The van der Waals surface area contributed by atoms with Gasteiger partial charge >= 0.3 is 0 Å². The molecule has 22 heavy (non-hydrogen) atoms. The lowest BCUT2D eigenvalue weighted by Gasteiger charge is -2.29. The lowest BCUT2D eigenvalue weighted by atomic mass is 10.0. The molecule has 0 radical (unpaired) electrons. The molecule has 5 heteroatoms. The summed E-state index contributed by atoms with van der Waals surface area (Å²) < 4.78 is 11.2. The topological polar surface area (TPSA) is 64.8 Å². The number of hydrogen-bond donors (Lipinski definition) is 1. The van der Waals surface area contributed by atoms with Gasteiger partial charge in [0.25, 0.3) is 0 Å². The Balaban J connectivity index is 2.19. The van der Waals surface area contributed by atoms with Crippen molar-refractivity contribution in [3.63, 3.8) is 0 Å². The minimum absolute atomic E-state index is 0.0179. The number of carbonyl (C=O) groups is 1. The molecule has 0 fully saturated rings. The van der Waals surface area contributed by atoms with Crippen molar-refractivity contribution in [3.8, 4) is 11.5 Å². The summed E-state index contributed by atoms with van der Waals surface area (Å²) in [6.07, 6.45) is 1.49. The first-order chi connectivity index (χ1) is 10.5. The summed E-state index contributed by atoms with van der Waals surface area (Å²) in [4.78, 5) is 14.4. The van der Waals surface area contributed by atoms with Crippen LogP contribution in [0.1, 0.15) is 32.3 Å². The van der Waals surface area contributed by atoms with E-state index < -0.39 is 6.04 Å². The van der Waals surface area contributed by atoms with Gasteiger partial charge < -0.3 is 20.1 Å². The van der Waals surface area contributed by atoms with Crippen LogP contribution in [0, 0.1) is 5.92 Å². The number of para-hydroxylation sites is 1. The third kappa shape index (κ3) is 3.91. The molecule has 2 N–H and O–H groups in total. The van der Waals surface area contributed by atoms with Crippen molar-refractivity contribution in [2.24, 2.45) is 11.7 Å². The largest absolute Gasteiger partial charge is 0.493 e. The van der Waals surface area contributed by atoms with Crippen LogP contribution >= 0.6 is 0 Å². The second kappa shape index (κ2) is 7.49. The SMILES string of the molecule is COc1cccc2c1OCCCN(C(=O)[C@H](N)CC(C)C)C2. The van der Waals surface area contributed by atoms with Crippen molar-refractivity contribution in [2.45, 2.75) is 39.3 Å². The van der Waals surface area contributed by atoms with Gasteiger partial charge in [-0.3, -0.25) is 4.79 Å². The Kier molecular flexibility index (Phi) is 5.66. The lowest BCUT2D eigenvalue weighted by Crippen LogP contribution is -2.45. The van der Waals surface area contributed by atoms with Crippen molar-refractivity contribution < 1.29 is 14.3 Å². The van der Waals surface area contributed by atoms with Crippen LogP contribution in [0.5, 0.6) is 11.5 Å². The van der Waals surface area contributed by atoms with Gasteiger partial charge in [0.05, 0.1) is 19.8 Å². The maximum Gasteiger partial charge on any atom is 0.239 e. The molecule has 0 aliphatic carbocycles. The van der Waals surface area contributed by atoms with E-state index >= 15 is 0 Å². The highest BCUT2D eigenvalue weighted by molar-refractivity contribution is 5.81. The molecule has 0 aromatic heterocycles. The minimum Gasteiger partial charge on any atom is -0.493 e. The minimum atomic E-state index is -0.436. The molecule has 0 saturated heterocycles. The number of amides is 1. The monoisotopic (exact) mass is 306 g/mol. The number of nitrogens with two attached hydrogens (primary N) is 1. The predicted octanol–water partition coefficient (Wildman–Crippen LogP) is 2.18. The van der Waals surface area contributed by atoms with E-state index in [1.165, 1.54) is 0 Å². The van der Waals surface area contributed by atoms with E-state index in [0.29, 0.717) is 37.8 Å². The first-order valence-electron chi connectivity index (χ1n) is 7.86. The van der Waals surface area contributed by atoms with Gasteiger partial charge in [-0.15, -0.1) is 0 Å². The third-order valence-electron chi connectivity index (χ3n) is 3.81. The molecule has 0 bridgehead atoms. The van der Waals surface area contributed by atoms with Crippen LogP contribution in [0.4, 0.5) is 0 Å². The molecule has 122 valence electrons. The van der Waals surface area contributed by atoms with Crippen LogP contribution < -0.4 is 15.2 Å². The lowest BCUT2D eigenvalue weighted by molar-refractivity contribution is -0.133. The maximum atomic E-state index is 12.6. The van der Waals surface area contributed by atoms with Crippen LogP contribution in [0.15, 0.2) is 18.2 Å². The van der Waals surface area contributed by atoms with Crippen molar-refractivity contribution in [1.29, 1.82) is 0 Å². The van der Waals surface area contributed by atoms with Gasteiger partial charge in [0.2, 0.25) is 5.91 Å². The van der Waals surface area contributed by atoms with Crippen molar-refractivity contribution >= 4 is 5.91 Å². The van der Waals surface area contributed by atoms with E-state index in [1.807, 2.05) is 23.1 Å². The van der Waals surface area contributed by atoms with Gasteiger partial charge in [-0.1, -0.05) is 26.0 Å². The number of methoxy groups -OCH3 is 1. The summed E-state index contributed by atoms with van der Waals surface area (Å²) >= 11 is 0. The number of hydrogen-bond acceptors (Lipinski definition) is 4. The smallest absolute Gasteiger partial charge is 0.239 e. The molecule has 1 aliphatic rings. The van der Waals surface area contributed by atoms with E-state index in [4.69, 9.17) is 15.2 Å². The summed E-state index contributed by atoms with van der Waals surface area (Å²) in [7, 11) is 1.62. The fourth-order valence-electron chi connectivity index (χ4n) is 2.76. The van der Waals surface area contributed by atoms with E-state index in [9.17, 15) is 4.79 Å². The van der Waals surface area contributed by atoms with Gasteiger partial charge in [-0.25, -0.2) is 0 Å². The van der Waals surface area contributed by atoms with Crippen LogP contribution in [0.3, 0.4) is 0 Å². The van der Waals surface area contributed by atoms with Crippen molar-refractivity contribution in [2.75, 3.05) is 20.3 Å². The third-order valence-corrected chi connectivity index (χ3v) is 3.81. The normalized spacial score (nSPS) is 16.3. The standard InChI is InChI=1S/C17H26N2O3/c1-12(2)10-14(18)17(20)19-8-5-9-22-16-13(11-19)6-4-7-15(16)21-3/h4,6-7,12,14H,5,8-11,18H2,1-3H3/t14-/m1/s1. The molecule has 5 nitrogen and oxygen atoms in total. The van der Waals surface area contributed by atoms with Crippen molar-refractivity contribution in [1.82, 2.24) is 4.90 Å². The second-order valence-corrected chi connectivity index (χ2v) is 6.15. The summed E-state index contributed by atoms with van der Waals surface area (Å²) in [5.41, 5.74) is 7.03. The van der Waals surface area contributed by atoms with Gasteiger partial charge in [0.15, 0.2) is 11.5 Å². The highest BCUT2D eigenvalue weighted by Crippen LogP contribution is 2.33. The summed E-state index contributed by atoms with van der Waals surface area (Å²) in [6, 6.07) is 5.32. The highest BCUT2D eigenvalue weighted by Gasteiger charge is 2.25. The Morgan fingerprint density at radius 1 is 1.45 bits per heavy atom. The zero-order valence-electron chi connectivity index (χ0n) is 13.7. The average Bonchev–Trinajstić information content (AvgIpc) is 2.46. The molecule has 0 spiro atoms. The number of nitrogens with zero attached hydrogens (tertiary/aromatic N) is 1.